The number of carbonyl (C=O) groups excluding carboxylic acids is 1. The van der Waals surface area contributed by atoms with Gasteiger partial charge >= 0.3 is 5.97 Å². The monoisotopic (exact) mass is 666 g/mol. The van der Waals surface area contributed by atoms with E-state index in [1.165, 1.54) is 11.3 Å². The molecule has 0 bridgehead atoms. The van der Waals surface area contributed by atoms with E-state index in [2.05, 4.69) is 20.9 Å². The molecule has 1 atom stereocenters. The van der Waals surface area contributed by atoms with Crippen LogP contribution in [0.15, 0.2) is 86.2 Å². The molecule has 0 saturated heterocycles. The van der Waals surface area contributed by atoms with E-state index in [1.807, 2.05) is 67.6 Å². The van der Waals surface area contributed by atoms with E-state index in [0.717, 1.165) is 22.3 Å². The summed E-state index contributed by atoms with van der Waals surface area (Å²) in [7, 11) is 1.57. The molecule has 5 rings (SSSR count). The van der Waals surface area contributed by atoms with Crippen molar-refractivity contribution in [1.29, 1.82) is 0 Å². The van der Waals surface area contributed by atoms with Gasteiger partial charge in [0.15, 0.2) is 16.3 Å². The maximum Gasteiger partial charge on any atom is 0.338 e. The molecular weight excluding hydrogens is 640 g/mol. The van der Waals surface area contributed by atoms with Gasteiger partial charge in [-0.05, 0) is 83.7 Å². The van der Waals surface area contributed by atoms with E-state index in [9.17, 15) is 9.59 Å². The largest absolute Gasteiger partial charge is 0.493 e. The number of aromatic nitrogens is 1. The first-order valence-electron chi connectivity index (χ1n) is 13.2. The van der Waals surface area contributed by atoms with Crippen molar-refractivity contribution in [2.24, 2.45) is 4.99 Å². The fraction of sp³-hybridized carbons (Fsp3) is 0.219. The predicted molar refractivity (Wildman–Crippen MR) is 168 cm³/mol. The van der Waals surface area contributed by atoms with Crippen LogP contribution < -0.4 is 24.4 Å². The number of benzene rings is 3. The Morgan fingerprint density at radius 2 is 1.83 bits per heavy atom. The van der Waals surface area contributed by atoms with Crippen LogP contribution in [-0.2, 0) is 16.1 Å². The smallest absolute Gasteiger partial charge is 0.338 e. The summed E-state index contributed by atoms with van der Waals surface area (Å²) in [5.74, 6) is 0.567. The van der Waals surface area contributed by atoms with E-state index < -0.39 is 12.0 Å². The van der Waals surface area contributed by atoms with Gasteiger partial charge in [0.05, 0.1) is 40.0 Å². The summed E-state index contributed by atoms with van der Waals surface area (Å²) < 4.78 is 19.8. The minimum atomic E-state index is -0.659. The molecular formula is C32H28BrClN2O5S. The highest BCUT2D eigenvalue weighted by Gasteiger charge is 2.33. The molecule has 3 aromatic carbocycles. The number of thiazole rings is 1. The Kier molecular flexibility index (Phi) is 9.01. The molecule has 7 nitrogen and oxygen atoms in total. The van der Waals surface area contributed by atoms with Crippen LogP contribution in [0.25, 0.3) is 6.08 Å². The molecule has 0 saturated carbocycles. The van der Waals surface area contributed by atoms with Crippen molar-refractivity contribution in [3.63, 3.8) is 0 Å². The Hall–Kier alpha value is -3.66. The van der Waals surface area contributed by atoms with Gasteiger partial charge in [-0.3, -0.25) is 9.36 Å². The lowest BCUT2D eigenvalue weighted by molar-refractivity contribution is -0.139. The molecule has 1 unspecified atom stereocenters. The lowest BCUT2D eigenvalue weighted by atomic mass is 9.95. The summed E-state index contributed by atoms with van der Waals surface area (Å²) in [4.78, 5) is 32.2. The van der Waals surface area contributed by atoms with Gasteiger partial charge in [-0.15, -0.1) is 0 Å². The molecule has 0 N–H and O–H groups in total. The molecule has 216 valence electrons. The van der Waals surface area contributed by atoms with Crippen LogP contribution in [0.1, 0.15) is 42.1 Å². The first kappa shape index (κ1) is 29.8. The molecule has 1 aliphatic heterocycles. The molecule has 1 aliphatic rings. The van der Waals surface area contributed by atoms with Crippen LogP contribution >= 0.6 is 38.9 Å². The van der Waals surface area contributed by atoms with E-state index >= 15 is 0 Å². The molecule has 0 amide bonds. The number of hydrogen-bond donors (Lipinski definition) is 0. The molecule has 4 aromatic rings. The van der Waals surface area contributed by atoms with Crippen LogP contribution in [0, 0.1) is 6.92 Å². The van der Waals surface area contributed by atoms with E-state index in [0.29, 0.717) is 48.2 Å². The van der Waals surface area contributed by atoms with Crippen LogP contribution in [-0.4, -0.2) is 24.3 Å². The van der Waals surface area contributed by atoms with Gasteiger partial charge in [-0.2, -0.15) is 0 Å². The van der Waals surface area contributed by atoms with Gasteiger partial charge in [0.1, 0.15) is 6.61 Å². The minimum absolute atomic E-state index is 0.219. The highest BCUT2D eigenvalue weighted by molar-refractivity contribution is 9.10. The van der Waals surface area contributed by atoms with Crippen LogP contribution in [0.5, 0.6) is 11.5 Å². The summed E-state index contributed by atoms with van der Waals surface area (Å²) in [6.07, 6.45) is 1.79. The number of methoxy groups -OCH3 is 1. The Morgan fingerprint density at radius 1 is 1.12 bits per heavy atom. The molecule has 2 heterocycles. The lowest BCUT2D eigenvalue weighted by Gasteiger charge is -2.24. The summed E-state index contributed by atoms with van der Waals surface area (Å²) in [6.45, 7) is 6.06. The third kappa shape index (κ3) is 6.09. The number of ether oxygens (including phenoxy) is 3. The maximum absolute atomic E-state index is 13.9. The molecule has 10 heteroatoms. The number of aryl methyl sites for hydroxylation is 1. The highest BCUT2D eigenvalue weighted by Crippen LogP contribution is 2.37. The molecule has 0 spiro atoms. The van der Waals surface area contributed by atoms with Gasteiger partial charge in [0.25, 0.3) is 5.56 Å². The van der Waals surface area contributed by atoms with Crippen molar-refractivity contribution in [2.75, 3.05) is 13.7 Å². The number of carbonyl (C=O) groups is 1. The number of allylic oxidation sites excluding steroid dienone is 1. The number of nitrogens with zero attached hydrogens (tertiary/aromatic N) is 2. The first-order valence-corrected chi connectivity index (χ1v) is 15.2. The van der Waals surface area contributed by atoms with Crippen LogP contribution in [0.4, 0.5) is 0 Å². The minimum Gasteiger partial charge on any atom is -0.493 e. The molecule has 1 aromatic heterocycles. The predicted octanol–water partition coefficient (Wildman–Crippen LogP) is 6.11. The fourth-order valence-electron chi connectivity index (χ4n) is 4.71. The van der Waals surface area contributed by atoms with Crippen LogP contribution in [0.3, 0.4) is 0 Å². The normalized spacial score (nSPS) is 14.8. The summed E-state index contributed by atoms with van der Waals surface area (Å²) in [5, 5.41) is 0.657. The Labute approximate surface area is 260 Å². The number of halogens is 2. The van der Waals surface area contributed by atoms with Gasteiger partial charge < -0.3 is 14.2 Å². The number of fused-ring (bicyclic) bond motifs is 1. The Morgan fingerprint density at radius 3 is 2.50 bits per heavy atom. The number of esters is 1. The second-order valence-corrected chi connectivity index (χ2v) is 12.0. The third-order valence-corrected chi connectivity index (χ3v) is 8.58. The fourth-order valence-corrected chi connectivity index (χ4v) is 6.45. The van der Waals surface area contributed by atoms with Gasteiger partial charge in [-0.1, -0.05) is 64.9 Å². The third-order valence-electron chi connectivity index (χ3n) is 6.76. The van der Waals surface area contributed by atoms with Crippen molar-refractivity contribution in [1.82, 2.24) is 4.57 Å². The highest BCUT2D eigenvalue weighted by atomic mass is 79.9. The zero-order valence-corrected chi connectivity index (χ0v) is 26.6. The average molecular weight is 668 g/mol. The lowest BCUT2D eigenvalue weighted by Crippen LogP contribution is -2.39. The standard InChI is InChI=1S/C32H28BrClN2O5S/c1-5-40-31(38)27-19(3)35-32-36(28(27)22-10-6-18(2)7-11-22)30(37)26(42-32)16-21-14-24(33)29(25(15-21)39-4)41-17-20-8-12-23(34)13-9-20/h6-16,28H,5,17H2,1-4H3. The molecule has 0 fully saturated rings. The van der Waals surface area contributed by atoms with Crippen molar-refractivity contribution in [3.05, 3.63) is 123 Å². The van der Waals surface area contributed by atoms with E-state index in [4.69, 9.17) is 25.8 Å². The average Bonchev–Trinajstić information content (AvgIpc) is 3.26. The van der Waals surface area contributed by atoms with Crippen molar-refractivity contribution >= 4 is 50.9 Å². The number of rotatable bonds is 8. The first-order chi connectivity index (χ1) is 20.2. The van der Waals surface area contributed by atoms with Gasteiger partial charge in [0, 0.05) is 5.02 Å². The summed E-state index contributed by atoms with van der Waals surface area (Å²) in [6, 6.07) is 18.2. The van der Waals surface area contributed by atoms with Crippen molar-refractivity contribution in [2.45, 2.75) is 33.4 Å². The SMILES string of the molecule is CCOC(=O)C1=C(C)N=c2sc(=Cc3cc(Br)c(OCc4ccc(Cl)cc4)c(OC)c3)c(=O)n2C1c1ccc(C)cc1. The summed E-state index contributed by atoms with van der Waals surface area (Å²) >= 11 is 10.9. The van der Waals surface area contributed by atoms with Crippen LogP contribution in [0.2, 0.25) is 5.02 Å². The number of hydrogen-bond acceptors (Lipinski definition) is 7. The molecule has 0 aliphatic carbocycles. The van der Waals surface area contributed by atoms with Crippen molar-refractivity contribution < 1.29 is 19.0 Å². The maximum atomic E-state index is 13.9. The molecule has 42 heavy (non-hydrogen) atoms. The van der Waals surface area contributed by atoms with Gasteiger partial charge in [0.2, 0.25) is 0 Å². The molecule has 0 radical (unpaired) electrons. The zero-order valence-electron chi connectivity index (χ0n) is 23.4. The van der Waals surface area contributed by atoms with E-state index in [-0.39, 0.29) is 12.2 Å². The topological polar surface area (TPSA) is 79.1 Å². The quantitative estimate of drug-likeness (QED) is 0.212. The second kappa shape index (κ2) is 12.7. The zero-order chi connectivity index (χ0) is 30.0. The second-order valence-electron chi connectivity index (χ2n) is 9.66. The Balaban J connectivity index is 1.56. The van der Waals surface area contributed by atoms with E-state index in [1.54, 1.807) is 31.6 Å². The van der Waals surface area contributed by atoms with Gasteiger partial charge in [-0.25, -0.2) is 9.79 Å². The summed E-state index contributed by atoms with van der Waals surface area (Å²) in [5.41, 5.74) is 4.19. The Bertz CT molecular complexity index is 1860. The van der Waals surface area contributed by atoms with Crippen molar-refractivity contribution in [3.8, 4) is 11.5 Å².